The maximum atomic E-state index is 12.4. The number of hydrogen-bond acceptors (Lipinski definition) is 5. The monoisotopic (exact) mass is 424 g/mol. The first-order chi connectivity index (χ1) is 15.0. The van der Waals surface area contributed by atoms with Crippen molar-refractivity contribution in [2.75, 3.05) is 32.9 Å². The van der Waals surface area contributed by atoms with Crippen LogP contribution in [0.1, 0.15) is 23.5 Å². The number of carboxylic acids is 1. The SMILES string of the molecule is O=C(N[C@@H](CC(=O)N1CCOCC1)C(=O)O)OCC1c2ccccc2-c2ccccc21. The maximum absolute atomic E-state index is 12.4. The van der Waals surface area contributed by atoms with E-state index in [9.17, 15) is 19.5 Å². The van der Waals surface area contributed by atoms with Gasteiger partial charge in [0.2, 0.25) is 5.91 Å². The summed E-state index contributed by atoms with van der Waals surface area (Å²) < 4.78 is 10.6. The van der Waals surface area contributed by atoms with Crippen molar-refractivity contribution in [2.45, 2.75) is 18.4 Å². The van der Waals surface area contributed by atoms with Crippen molar-refractivity contribution in [1.29, 1.82) is 0 Å². The molecule has 0 bridgehead atoms. The van der Waals surface area contributed by atoms with E-state index in [0.29, 0.717) is 26.3 Å². The minimum absolute atomic E-state index is 0.0730. The first kappa shape index (κ1) is 20.9. The van der Waals surface area contributed by atoms with Crippen LogP contribution in [-0.4, -0.2) is 66.9 Å². The second kappa shape index (κ2) is 9.18. The van der Waals surface area contributed by atoms with Gasteiger partial charge in [0, 0.05) is 19.0 Å². The van der Waals surface area contributed by atoms with Crippen LogP contribution in [0.3, 0.4) is 0 Å². The Morgan fingerprint density at radius 1 is 1.03 bits per heavy atom. The zero-order chi connectivity index (χ0) is 21.8. The standard InChI is InChI=1S/C23H24N2O6/c26-21(25-9-11-30-12-10-25)13-20(22(27)28)24-23(29)31-14-19-17-7-3-1-5-15(17)16-6-2-4-8-18(16)19/h1-8,19-20H,9-14H2,(H,24,29)(H,27,28)/t20-/m0/s1. The molecule has 0 unspecified atom stereocenters. The molecule has 1 fully saturated rings. The number of nitrogens with zero attached hydrogens (tertiary/aromatic N) is 1. The number of fused-ring (bicyclic) bond motifs is 3. The van der Waals surface area contributed by atoms with Gasteiger partial charge in [0.1, 0.15) is 12.6 Å². The van der Waals surface area contributed by atoms with Gasteiger partial charge in [-0.25, -0.2) is 9.59 Å². The van der Waals surface area contributed by atoms with Crippen LogP contribution < -0.4 is 5.32 Å². The third kappa shape index (κ3) is 4.54. The molecule has 1 aliphatic carbocycles. The molecular formula is C23H24N2O6. The molecule has 8 nitrogen and oxygen atoms in total. The van der Waals surface area contributed by atoms with E-state index in [1.165, 1.54) is 0 Å². The van der Waals surface area contributed by atoms with Gasteiger partial charge >= 0.3 is 12.1 Å². The fourth-order valence-electron chi connectivity index (χ4n) is 4.10. The zero-order valence-electron chi connectivity index (χ0n) is 17.0. The molecule has 1 saturated heterocycles. The first-order valence-electron chi connectivity index (χ1n) is 10.2. The summed E-state index contributed by atoms with van der Waals surface area (Å²) in [6.07, 6.45) is -1.19. The number of hydrogen-bond donors (Lipinski definition) is 2. The highest BCUT2D eigenvalue weighted by Gasteiger charge is 2.31. The number of morpholine rings is 1. The van der Waals surface area contributed by atoms with E-state index in [0.717, 1.165) is 22.3 Å². The number of rotatable bonds is 6. The lowest BCUT2D eigenvalue weighted by Crippen LogP contribution is -2.47. The van der Waals surface area contributed by atoms with Crippen molar-refractivity contribution in [3.8, 4) is 11.1 Å². The van der Waals surface area contributed by atoms with E-state index in [1.54, 1.807) is 4.90 Å². The number of alkyl carbamates (subject to hydrolysis) is 1. The Balaban J connectivity index is 1.38. The summed E-state index contributed by atoms with van der Waals surface area (Å²) >= 11 is 0. The highest BCUT2D eigenvalue weighted by molar-refractivity contribution is 5.87. The summed E-state index contributed by atoms with van der Waals surface area (Å²) in [4.78, 5) is 37.8. The van der Waals surface area contributed by atoms with Crippen LogP contribution in [-0.2, 0) is 19.1 Å². The van der Waals surface area contributed by atoms with Gasteiger partial charge in [-0.3, -0.25) is 4.79 Å². The molecular weight excluding hydrogens is 400 g/mol. The number of carboxylic acid groups (broad SMARTS) is 1. The number of aliphatic carboxylic acids is 1. The van der Waals surface area contributed by atoms with Gasteiger partial charge in [-0.2, -0.15) is 0 Å². The van der Waals surface area contributed by atoms with Crippen LogP contribution in [0.15, 0.2) is 48.5 Å². The van der Waals surface area contributed by atoms with Gasteiger partial charge < -0.3 is 24.8 Å². The second-order valence-electron chi connectivity index (χ2n) is 7.56. The Morgan fingerprint density at radius 3 is 2.19 bits per heavy atom. The molecule has 0 saturated carbocycles. The number of carbonyl (C=O) groups is 3. The molecule has 8 heteroatoms. The smallest absolute Gasteiger partial charge is 0.407 e. The van der Waals surface area contributed by atoms with Gasteiger partial charge in [0.25, 0.3) is 0 Å². The minimum Gasteiger partial charge on any atom is -0.480 e. The van der Waals surface area contributed by atoms with E-state index in [2.05, 4.69) is 5.32 Å². The molecule has 1 heterocycles. The third-order valence-corrected chi connectivity index (χ3v) is 5.68. The fourth-order valence-corrected chi connectivity index (χ4v) is 4.10. The number of benzene rings is 2. The molecule has 0 radical (unpaired) electrons. The van der Waals surface area contributed by atoms with Crippen molar-refractivity contribution in [3.05, 3.63) is 59.7 Å². The summed E-state index contributed by atoms with van der Waals surface area (Å²) in [6.45, 7) is 1.74. The number of nitrogens with one attached hydrogen (secondary N) is 1. The quantitative estimate of drug-likeness (QED) is 0.737. The molecule has 0 spiro atoms. The van der Waals surface area contributed by atoms with Gasteiger partial charge in [-0.1, -0.05) is 48.5 Å². The molecule has 1 aliphatic heterocycles. The fraction of sp³-hybridized carbons (Fsp3) is 0.348. The first-order valence-corrected chi connectivity index (χ1v) is 10.2. The van der Waals surface area contributed by atoms with Crippen molar-refractivity contribution in [3.63, 3.8) is 0 Å². The van der Waals surface area contributed by atoms with Gasteiger partial charge in [0.15, 0.2) is 0 Å². The molecule has 2 aromatic carbocycles. The largest absolute Gasteiger partial charge is 0.480 e. The Labute approximate surface area is 179 Å². The number of amides is 2. The summed E-state index contributed by atoms with van der Waals surface area (Å²) in [5.41, 5.74) is 4.33. The summed E-state index contributed by atoms with van der Waals surface area (Å²) in [6, 6.07) is 14.5. The van der Waals surface area contributed by atoms with E-state index in [-0.39, 0.29) is 24.9 Å². The van der Waals surface area contributed by atoms with Crippen LogP contribution >= 0.6 is 0 Å². The molecule has 1 atom stereocenters. The van der Waals surface area contributed by atoms with Crippen molar-refractivity contribution >= 4 is 18.0 Å². The molecule has 2 aromatic rings. The van der Waals surface area contributed by atoms with E-state index in [1.807, 2.05) is 48.5 Å². The molecule has 2 N–H and O–H groups in total. The van der Waals surface area contributed by atoms with Gasteiger partial charge in [0.05, 0.1) is 19.6 Å². The number of ether oxygens (including phenoxy) is 2. The van der Waals surface area contributed by atoms with Crippen LogP contribution in [0.5, 0.6) is 0 Å². The highest BCUT2D eigenvalue weighted by atomic mass is 16.5. The van der Waals surface area contributed by atoms with Crippen molar-refractivity contribution in [2.24, 2.45) is 0 Å². The Hall–Kier alpha value is -3.39. The Bertz CT molecular complexity index is 940. The lowest BCUT2D eigenvalue weighted by molar-refractivity contribution is -0.144. The lowest BCUT2D eigenvalue weighted by atomic mass is 9.98. The highest BCUT2D eigenvalue weighted by Crippen LogP contribution is 2.44. The van der Waals surface area contributed by atoms with Crippen molar-refractivity contribution < 1.29 is 29.0 Å². The predicted octanol–water partition coefficient (Wildman–Crippen LogP) is 2.23. The summed E-state index contributed by atoms with van der Waals surface area (Å²) in [5.74, 6) is -1.75. The second-order valence-corrected chi connectivity index (χ2v) is 7.56. The molecule has 0 aromatic heterocycles. The Kier molecular flexibility index (Phi) is 6.18. The summed E-state index contributed by atoms with van der Waals surface area (Å²) in [5, 5.41) is 11.8. The van der Waals surface area contributed by atoms with Crippen molar-refractivity contribution in [1.82, 2.24) is 10.2 Å². The van der Waals surface area contributed by atoms with Crippen LogP contribution in [0.4, 0.5) is 4.79 Å². The van der Waals surface area contributed by atoms with Crippen LogP contribution in [0.2, 0.25) is 0 Å². The summed E-state index contributed by atoms with van der Waals surface area (Å²) in [7, 11) is 0. The average molecular weight is 424 g/mol. The Morgan fingerprint density at radius 2 is 1.61 bits per heavy atom. The van der Waals surface area contributed by atoms with E-state index < -0.39 is 18.1 Å². The predicted molar refractivity (Wildman–Crippen MR) is 112 cm³/mol. The molecule has 2 amide bonds. The average Bonchev–Trinajstić information content (AvgIpc) is 3.11. The minimum atomic E-state index is -1.36. The third-order valence-electron chi connectivity index (χ3n) is 5.68. The topological polar surface area (TPSA) is 105 Å². The zero-order valence-corrected chi connectivity index (χ0v) is 17.0. The van der Waals surface area contributed by atoms with Gasteiger partial charge in [-0.15, -0.1) is 0 Å². The maximum Gasteiger partial charge on any atom is 0.407 e. The lowest BCUT2D eigenvalue weighted by Gasteiger charge is -2.28. The van der Waals surface area contributed by atoms with E-state index >= 15 is 0 Å². The molecule has 4 rings (SSSR count). The normalized spacial score (nSPS) is 16.2. The molecule has 2 aliphatic rings. The number of carbonyl (C=O) groups excluding carboxylic acids is 2. The van der Waals surface area contributed by atoms with Crippen LogP contribution in [0, 0.1) is 0 Å². The van der Waals surface area contributed by atoms with Crippen LogP contribution in [0.25, 0.3) is 11.1 Å². The van der Waals surface area contributed by atoms with Gasteiger partial charge in [-0.05, 0) is 22.3 Å². The molecule has 31 heavy (non-hydrogen) atoms. The molecule has 162 valence electrons. The van der Waals surface area contributed by atoms with E-state index in [4.69, 9.17) is 9.47 Å².